The van der Waals surface area contributed by atoms with Gasteiger partial charge in [0.15, 0.2) is 0 Å². The molecule has 3 aromatic rings. The Hall–Kier alpha value is -3.44. The number of carbonyl (C=O) groups is 1. The maximum Gasteiger partial charge on any atom is 0.348 e. The van der Waals surface area contributed by atoms with Crippen molar-refractivity contribution < 1.29 is 14.3 Å². The van der Waals surface area contributed by atoms with Crippen molar-refractivity contribution in [1.82, 2.24) is 9.38 Å². The van der Waals surface area contributed by atoms with Crippen LogP contribution in [0.15, 0.2) is 63.5 Å². The lowest BCUT2D eigenvalue weighted by Crippen LogP contribution is -2.19. The SMILES string of the molecule is COC(=O)C(C#N)=Cc1c(Oc2ccc(Br)cc2)nc2ccccn2c1=O. The largest absolute Gasteiger partial charge is 0.465 e. The lowest BCUT2D eigenvalue weighted by molar-refractivity contribution is -0.135. The number of fused-ring (bicyclic) bond motifs is 1. The predicted octanol–water partition coefficient (Wildman–Crippen LogP) is 3.33. The number of hydrogen-bond donors (Lipinski definition) is 0. The second kappa shape index (κ2) is 7.85. The molecule has 0 unspecified atom stereocenters. The second-order valence-electron chi connectivity index (χ2n) is 5.28. The van der Waals surface area contributed by atoms with E-state index in [1.165, 1.54) is 10.6 Å². The van der Waals surface area contributed by atoms with E-state index in [4.69, 9.17) is 4.74 Å². The first kappa shape index (κ1) is 18.4. The molecular weight excluding hydrogens is 414 g/mol. The van der Waals surface area contributed by atoms with Crippen LogP contribution in [0.4, 0.5) is 0 Å². The van der Waals surface area contributed by atoms with Crippen molar-refractivity contribution in [3.05, 3.63) is 74.6 Å². The molecule has 0 atom stereocenters. The molecule has 0 fully saturated rings. The van der Waals surface area contributed by atoms with Crippen molar-refractivity contribution in [3.63, 3.8) is 0 Å². The molecule has 27 heavy (non-hydrogen) atoms. The van der Waals surface area contributed by atoms with Crippen LogP contribution in [0.3, 0.4) is 0 Å². The molecule has 0 aliphatic rings. The number of aromatic nitrogens is 2. The highest BCUT2D eigenvalue weighted by Gasteiger charge is 2.17. The standard InChI is InChI=1S/C19H12BrN3O4/c1-26-19(25)12(11-21)10-15-17(27-14-7-5-13(20)6-8-14)22-16-4-2-3-9-23(16)18(15)24/h2-10H,1H3. The minimum atomic E-state index is -0.857. The van der Waals surface area contributed by atoms with Crippen LogP contribution in [0.5, 0.6) is 11.6 Å². The van der Waals surface area contributed by atoms with Crippen LogP contribution in [-0.4, -0.2) is 22.5 Å². The Labute approximate surface area is 162 Å². The fourth-order valence-electron chi connectivity index (χ4n) is 2.29. The number of benzene rings is 1. The summed E-state index contributed by atoms with van der Waals surface area (Å²) >= 11 is 3.33. The molecule has 0 aliphatic heterocycles. The summed E-state index contributed by atoms with van der Waals surface area (Å²) in [6.07, 6.45) is 2.66. The van der Waals surface area contributed by atoms with Gasteiger partial charge in [-0.25, -0.2) is 4.79 Å². The minimum Gasteiger partial charge on any atom is -0.465 e. The van der Waals surface area contributed by atoms with Crippen molar-refractivity contribution in [3.8, 4) is 17.7 Å². The maximum atomic E-state index is 12.9. The van der Waals surface area contributed by atoms with Gasteiger partial charge in [-0.2, -0.15) is 10.2 Å². The van der Waals surface area contributed by atoms with Gasteiger partial charge in [0.1, 0.15) is 28.6 Å². The average molecular weight is 426 g/mol. The fourth-order valence-corrected chi connectivity index (χ4v) is 2.55. The zero-order valence-electron chi connectivity index (χ0n) is 14.0. The van der Waals surface area contributed by atoms with Gasteiger partial charge >= 0.3 is 5.97 Å². The number of hydrogen-bond acceptors (Lipinski definition) is 6. The lowest BCUT2D eigenvalue weighted by atomic mass is 10.2. The van der Waals surface area contributed by atoms with E-state index in [1.54, 1.807) is 48.5 Å². The second-order valence-corrected chi connectivity index (χ2v) is 6.20. The first-order chi connectivity index (χ1) is 13.0. The number of pyridine rings is 1. The summed E-state index contributed by atoms with van der Waals surface area (Å²) in [6, 6.07) is 13.7. The van der Waals surface area contributed by atoms with E-state index in [1.807, 2.05) is 0 Å². The van der Waals surface area contributed by atoms with Crippen LogP contribution in [0.1, 0.15) is 5.56 Å². The summed E-state index contributed by atoms with van der Waals surface area (Å²) in [4.78, 5) is 29.0. The van der Waals surface area contributed by atoms with Gasteiger partial charge in [0.05, 0.1) is 7.11 Å². The van der Waals surface area contributed by atoms with Crippen LogP contribution in [-0.2, 0) is 9.53 Å². The summed E-state index contributed by atoms with van der Waals surface area (Å²) in [5, 5.41) is 9.21. The van der Waals surface area contributed by atoms with Gasteiger partial charge in [-0.15, -0.1) is 0 Å². The van der Waals surface area contributed by atoms with Crippen LogP contribution in [0.2, 0.25) is 0 Å². The molecule has 134 valence electrons. The van der Waals surface area contributed by atoms with E-state index in [9.17, 15) is 14.9 Å². The van der Waals surface area contributed by atoms with Crippen LogP contribution >= 0.6 is 15.9 Å². The number of carbonyl (C=O) groups excluding carboxylic acids is 1. The number of ether oxygens (including phenoxy) is 2. The Balaban J connectivity index is 2.22. The van der Waals surface area contributed by atoms with E-state index >= 15 is 0 Å². The Kier molecular flexibility index (Phi) is 5.33. The lowest BCUT2D eigenvalue weighted by Gasteiger charge is -2.10. The molecular formula is C19H12BrN3O4. The summed E-state index contributed by atoms with van der Waals surface area (Å²) in [5.74, 6) is -0.438. The van der Waals surface area contributed by atoms with Crippen LogP contribution < -0.4 is 10.3 Å². The molecule has 3 rings (SSSR count). The summed E-state index contributed by atoms with van der Waals surface area (Å²) < 4.78 is 12.5. The van der Waals surface area contributed by atoms with Crippen LogP contribution in [0, 0.1) is 11.3 Å². The first-order valence-corrected chi connectivity index (χ1v) is 8.47. The quantitative estimate of drug-likeness (QED) is 0.361. The van der Waals surface area contributed by atoms with Gasteiger partial charge in [0, 0.05) is 10.7 Å². The summed E-state index contributed by atoms with van der Waals surface area (Å²) in [5.41, 5.74) is -0.496. The van der Waals surface area contributed by atoms with Crippen molar-refractivity contribution >= 4 is 33.6 Å². The topological polar surface area (TPSA) is 93.7 Å². The van der Waals surface area contributed by atoms with E-state index in [2.05, 4.69) is 25.7 Å². The van der Waals surface area contributed by atoms with Gasteiger partial charge in [-0.1, -0.05) is 22.0 Å². The van der Waals surface area contributed by atoms with E-state index < -0.39 is 11.5 Å². The zero-order chi connectivity index (χ0) is 19.4. The van der Waals surface area contributed by atoms with E-state index in [0.717, 1.165) is 17.7 Å². The highest BCUT2D eigenvalue weighted by Crippen LogP contribution is 2.25. The molecule has 0 bridgehead atoms. The molecule has 0 N–H and O–H groups in total. The van der Waals surface area contributed by atoms with E-state index in [-0.39, 0.29) is 17.0 Å². The van der Waals surface area contributed by atoms with Crippen molar-refractivity contribution in [1.29, 1.82) is 5.26 Å². The number of rotatable bonds is 4. The monoisotopic (exact) mass is 425 g/mol. The number of esters is 1. The third-order valence-corrected chi connectivity index (χ3v) is 4.11. The molecule has 0 amide bonds. The summed E-state index contributed by atoms with van der Waals surface area (Å²) in [7, 11) is 1.15. The number of nitriles is 1. The normalized spacial score (nSPS) is 11.1. The third kappa shape index (κ3) is 3.88. The smallest absolute Gasteiger partial charge is 0.348 e. The molecule has 1 aromatic carbocycles. The highest BCUT2D eigenvalue weighted by molar-refractivity contribution is 9.10. The molecule has 0 saturated heterocycles. The highest BCUT2D eigenvalue weighted by atomic mass is 79.9. The minimum absolute atomic E-state index is 0.0230. The Bertz CT molecular complexity index is 1140. The van der Waals surface area contributed by atoms with Crippen molar-refractivity contribution in [2.24, 2.45) is 0 Å². The fraction of sp³-hybridized carbons (Fsp3) is 0.0526. The number of methoxy groups -OCH3 is 1. The van der Waals surface area contributed by atoms with Gasteiger partial charge in [-0.3, -0.25) is 9.20 Å². The molecule has 0 saturated carbocycles. The van der Waals surface area contributed by atoms with Crippen molar-refractivity contribution in [2.45, 2.75) is 0 Å². The summed E-state index contributed by atoms with van der Waals surface area (Å²) in [6.45, 7) is 0. The zero-order valence-corrected chi connectivity index (χ0v) is 15.6. The molecule has 2 heterocycles. The van der Waals surface area contributed by atoms with Gasteiger partial charge in [0.25, 0.3) is 5.56 Å². The number of halogens is 1. The Morgan fingerprint density at radius 3 is 2.67 bits per heavy atom. The first-order valence-electron chi connectivity index (χ1n) is 7.68. The maximum absolute atomic E-state index is 12.9. The molecule has 0 spiro atoms. The predicted molar refractivity (Wildman–Crippen MR) is 101 cm³/mol. The van der Waals surface area contributed by atoms with E-state index in [0.29, 0.717) is 11.4 Å². The Morgan fingerprint density at radius 1 is 1.26 bits per heavy atom. The molecule has 8 heteroatoms. The Morgan fingerprint density at radius 2 is 2.00 bits per heavy atom. The molecule has 2 aromatic heterocycles. The third-order valence-electron chi connectivity index (χ3n) is 3.58. The van der Waals surface area contributed by atoms with Crippen molar-refractivity contribution in [2.75, 3.05) is 7.11 Å². The molecule has 0 radical (unpaired) electrons. The average Bonchev–Trinajstić information content (AvgIpc) is 2.69. The van der Waals surface area contributed by atoms with Gasteiger partial charge in [0.2, 0.25) is 5.88 Å². The van der Waals surface area contributed by atoms with Gasteiger partial charge in [-0.05, 0) is 42.5 Å². The number of nitrogens with zero attached hydrogens (tertiary/aromatic N) is 3. The van der Waals surface area contributed by atoms with Crippen LogP contribution in [0.25, 0.3) is 11.7 Å². The van der Waals surface area contributed by atoms with Gasteiger partial charge < -0.3 is 9.47 Å². The molecule has 0 aliphatic carbocycles. The molecule has 7 nitrogen and oxygen atoms in total.